The molecule has 0 N–H and O–H groups in total. The van der Waals surface area contributed by atoms with E-state index in [1.54, 1.807) is 0 Å². The zero-order valence-electron chi connectivity index (χ0n) is 16.7. The van der Waals surface area contributed by atoms with Crippen molar-refractivity contribution in [2.45, 2.75) is 58.0 Å². The van der Waals surface area contributed by atoms with Gasteiger partial charge in [0.05, 0.1) is 17.6 Å². The minimum atomic E-state index is 0.779. The minimum absolute atomic E-state index is 0.779. The van der Waals surface area contributed by atoms with Crippen LogP contribution < -0.4 is 4.74 Å². The van der Waals surface area contributed by atoms with Crippen LogP contribution in [0, 0.1) is 6.92 Å². The monoisotopic (exact) mass is 382 g/mol. The van der Waals surface area contributed by atoms with Crippen LogP contribution in [0.3, 0.4) is 0 Å². The van der Waals surface area contributed by atoms with E-state index in [9.17, 15) is 0 Å². The molecular weight excluding hydrogens is 352 g/mol. The first-order valence-electron chi connectivity index (χ1n) is 10.1. The molecule has 3 rings (SSSR count). The number of hydrogen-bond donors (Lipinski definition) is 0. The molecule has 2 aromatic carbocycles. The topological polar surface area (TPSA) is 27.1 Å². The Balaban J connectivity index is 1.90. The molecule has 1 heterocycles. The number of unbranched alkanes of at least 4 members (excludes halogenated alkanes) is 3. The summed E-state index contributed by atoms with van der Waals surface area (Å²) >= 11 is 1.82. The Morgan fingerprint density at radius 1 is 0.963 bits per heavy atom. The molecule has 0 saturated heterocycles. The van der Waals surface area contributed by atoms with E-state index in [2.05, 4.69) is 61.7 Å². The highest BCUT2D eigenvalue weighted by molar-refractivity contribution is 7.99. The first-order valence-corrected chi connectivity index (χ1v) is 11.1. The second kappa shape index (κ2) is 9.84. The SMILES string of the molecule is CCCCCCOc1ccc2nc(SCCC)n(-c3ccc(C)cc3)c2c1. The number of aromatic nitrogens is 2. The number of rotatable bonds is 10. The van der Waals surface area contributed by atoms with Gasteiger partial charge in [0.1, 0.15) is 5.75 Å². The van der Waals surface area contributed by atoms with Gasteiger partial charge in [-0.3, -0.25) is 4.57 Å². The van der Waals surface area contributed by atoms with Crippen molar-refractivity contribution in [3.8, 4) is 11.4 Å². The molecule has 1 aromatic heterocycles. The van der Waals surface area contributed by atoms with E-state index >= 15 is 0 Å². The lowest BCUT2D eigenvalue weighted by Crippen LogP contribution is -1.99. The molecule has 4 heteroatoms. The van der Waals surface area contributed by atoms with Gasteiger partial charge in [0.15, 0.2) is 5.16 Å². The lowest BCUT2D eigenvalue weighted by Gasteiger charge is -2.10. The molecule has 0 radical (unpaired) electrons. The summed E-state index contributed by atoms with van der Waals surface area (Å²) in [4.78, 5) is 4.88. The first-order chi connectivity index (χ1) is 13.2. The predicted molar refractivity (Wildman–Crippen MR) is 116 cm³/mol. The standard InChI is InChI=1S/C23H30N2OS/c1-4-6-7-8-15-26-20-13-14-21-22(17-20)25(23(24-21)27-16-5-2)19-11-9-18(3)10-12-19/h9-14,17H,4-8,15-16H2,1-3H3. The van der Waals surface area contributed by atoms with Gasteiger partial charge in [-0.05, 0) is 44.0 Å². The minimum Gasteiger partial charge on any atom is -0.494 e. The Bertz CT molecular complexity index is 855. The quantitative estimate of drug-likeness (QED) is 0.285. The molecule has 0 aliphatic carbocycles. The number of imidazole rings is 1. The van der Waals surface area contributed by atoms with E-state index in [4.69, 9.17) is 9.72 Å². The smallest absolute Gasteiger partial charge is 0.173 e. The van der Waals surface area contributed by atoms with E-state index in [0.717, 1.165) is 52.8 Å². The third-order valence-electron chi connectivity index (χ3n) is 4.59. The van der Waals surface area contributed by atoms with Crippen LogP contribution in [0.2, 0.25) is 0 Å². The number of nitrogens with zero attached hydrogens (tertiary/aromatic N) is 2. The highest BCUT2D eigenvalue weighted by atomic mass is 32.2. The van der Waals surface area contributed by atoms with Crippen molar-refractivity contribution in [2.75, 3.05) is 12.4 Å². The number of aryl methyl sites for hydroxylation is 1. The van der Waals surface area contributed by atoms with E-state index in [0.29, 0.717) is 0 Å². The van der Waals surface area contributed by atoms with Crippen LogP contribution in [0.15, 0.2) is 47.6 Å². The van der Waals surface area contributed by atoms with Crippen molar-refractivity contribution in [2.24, 2.45) is 0 Å². The lowest BCUT2D eigenvalue weighted by atomic mass is 10.2. The lowest BCUT2D eigenvalue weighted by molar-refractivity contribution is 0.305. The Morgan fingerprint density at radius 3 is 2.52 bits per heavy atom. The zero-order valence-corrected chi connectivity index (χ0v) is 17.5. The number of thioether (sulfide) groups is 1. The molecule has 144 valence electrons. The van der Waals surface area contributed by atoms with Crippen LogP contribution in [0.4, 0.5) is 0 Å². The van der Waals surface area contributed by atoms with E-state index in [-0.39, 0.29) is 0 Å². The fourth-order valence-corrected chi connectivity index (χ4v) is 3.96. The Hall–Kier alpha value is -1.94. The Kier molecular flexibility index (Phi) is 7.22. The molecule has 0 unspecified atom stereocenters. The molecule has 0 spiro atoms. The van der Waals surface area contributed by atoms with Gasteiger partial charge < -0.3 is 4.74 Å². The largest absolute Gasteiger partial charge is 0.494 e. The van der Waals surface area contributed by atoms with Crippen LogP contribution in [0.5, 0.6) is 5.75 Å². The average Bonchev–Trinajstić information content (AvgIpc) is 3.04. The van der Waals surface area contributed by atoms with Crippen LogP contribution in [-0.4, -0.2) is 21.9 Å². The van der Waals surface area contributed by atoms with Crippen LogP contribution in [0.25, 0.3) is 16.7 Å². The molecule has 3 aromatic rings. The third kappa shape index (κ3) is 5.07. The molecule has 0 bridgehead atoms. The maximum Gasteiger partial charge on any atom is 0.173 e. The number of benzene rings is 2. The Labute approximate surface area is 167 Å². The van der Waals surface area contributed by atoms with Gasteiger partial charge >= 0.3 is 0 Å². The molecule has 0 atom stereocenters. The van der Waals surface area contributed by atoms with Gasteiger partial charge in [-0.2, -0.15) is 0 Å². The van der Waals surface area contributed by atoms with Gasteiger partial charge in [0.25, 0.3) is 0 Å². The summed E-state index contributed by atoms with van der Waals surface area (Å²) in [5.41, 5.74) is 4.56. The molecule has 0 fully saturated rings. The van der Waals surface area contributed by atoms with Crippen LogP contribution >= 0.6 is 11.8 Å². The molecule has 0 saturated carbocycles. The van der Waals surface area contributed by atoms with E-state index in [1.165, 1.54) is 24.8 Å². The molecule has 0 aliphatic rings. The van der Waals surface area contributed by atoms with Gasteiger partial charge in [0, 0.05) is 17.5 Å². The van der Waals surface area contributed by atoms with Crippen molar-refractivity contribution < 1.29 is 4.74 Å². The summed E-state index contributed by atoms with van der Waals surface area (Å²) in [6.07, 6.45) is 6.01. The summed E-state index contributed by atoms with van der Waals surface area (Å²) in [7, 11) is 0. The van der Waals surface area contributed by atoms with Gasteiger partial charge in [-0.1, -0.05) is 62.6 Å². The number of fused-ring (bicyclic) bond motifs is 1. The van der Waals surface area contributed by atoms with Crippen molar-refractivity contribution in [3.05, 3.63) is 48.0 Å². The van der Waals surface area contributed by atoms with Crippen molar-refractivity contribution in [1.29, 1.82) is 0 Å². The predicted octanol–water partition coefficient (Wildman–Crippen LogP) is 6.80. The normalized spacial score (nSPS) is 11.2. The number of ether oxygens (including phenoxy) is 1. The molecule has 0 amide bonds. The molecule has 0 aliphatic heterocycles. The first kappa shape index (κ1) is 19.8. The zero-order chi connectivity index (χ0) is 19.1. The molecular formula is C23H30N2OS. The van der Waals surface area contributed by atoms with E-state index < -0.39 is 0 Å². The van der Waals surface area contributed by atoms with Gasteiger partial charge in [0.2, 0.25) is 0 Å². The fraction of sp³-hybridized carbons (Fsp3) is 0.435. The summed E-state index contributed by atoms with van der Waals surface area (Å²) in [5.74, 6) is 2.00. The maximum absolute atomic E-state index is 6.01. The number of hydrogen-bond acceptors (Lipinski definition) is 3. The Morgan fingerprint density at radius 2 is 1.78 bits per heavy atom. The molecule has 27 heavy (non-hydrogen) atoms. The fourth-order valence-electron chi connectivity index (χ4n) is 3.08. The van der Waals surface area contributed by atoms with Gasteiger partial charge in [-0.15, -0.1) is 0 Å². The summed E-state index contributed by atoms with van der Waals surface area (Å²) in [5, 5.41) is 1.05. The summed E-state index contributed by atoms with van der Waals surface area (Å²) in [6, 6.07) is 14.9. The second-order valence-electron chi connectivity index (χ2n) is 6.97. The van der Waals surface area contributed by atoms with Gasteiger partial charge in [-0.25, -0.2) is 4.98 Å². The van der Waals surface area contributed by atoms with Crippen LogP contribution in [0.1, 0.15) is 51.5 Å². The van der Waals surface area contributed by atoms with Crippen LogP contribution in [-0.2, 0) is 0 Å². The maximum atomic E-state index is 6.01. The van der Waals surface area contributed by atoms with Crippen molar-refractivity contribution in [3.63, 3.8) is 0 Å². The van der Waals surface area contributed by atoms with Crippen molar-refractivity contribution in [1.82, 2.24) is 9.55 Å². The highest BCUT2D eigenvalue weighted by Crippen LogP contribution is 2.30. The average molecular weight is 383 g/mol. The summed E-state index contributed by atoms with van der Waals surface area (Å²) in [6.45, 7) is 7.33. The third-order valence-corrected chi connectivity index (χ3v) is 5.73. The summed E-state index contributed by atoms with van der Waals surface area (Å²) < 4.78 is 8.28. The second-order valence-corrected chi connectivity index (χ2v) is 8.04. The highest BCUT2D eigenvalue weighted by Gasteiger charge is 2.14. The van der Waals surface area contributed by atoms with Crippen molar-refractivity contribution >= 4 is 22.8 Å². The van der Waals surface area contributed by atoms with E-state index in [1.807, 2.05) is 17.8 Å². The molecule has 3 nitrogen and oxygen atoms in total.